The van der Waals surface area contributed by atoms with Crippen LogP contribution in [-0.4, -0.2) is 85.9 Å². The maximum Gasteiger partial charge on any atom is 0.225 e. The molecule has 10 heteroatoms. The van der Waals surface area contributed by atoms with Crippen LogP contribution in [-0.2, 0) is 24.3 Å². The van der Waals surface area contributed by atoms with Gasteiger partial charge in [0.25, 0.3) is 0 Å². The summed E-state index contributed by atoms with van der Waals surface area (Å²) in [5.41, 5.74) is 3.96. The molecule has 1 unspecified atom stereocenters. The molecule has 2 aliphatic rings. The molecule has 2 aliphatic heterocycles. The summed E-state index contributed by atoms with van der Waals surface area (Å²) < 4.78 is 1.94. The number of carbonyl (C=O) groups is 1. The summed E-state index contributed by atoms with van der Waals surface area (Å²) in [4.78, 5) is 27.0. The van der Waals surface area contributed by atoms with Gasteiger partial charge in [-0.15, -0.1) is 0 Å². The Balaban J connectivity index is 1.28. The number of nitrogens with zero attached hydrogens (tertiary/aromatic N) is 7. The molecule has 1 saturated heterocycles. The molecule has 0 aliphatic carbocycles. The molecule has 3 aromatic rings. The van der Waals surface area contributed by atoms with E-state index in [0.717, 1.165) is 61.1 Å². The van der Waals surface area contributed by atoms with E-state index in [4.69, 9.17) is 16.7 Å². The van der Waals surface area contributed by atoms with Gasteiger partial charge in [0.2, 0.25) is 11.9 Å². The number of aromatic nitrogens is 4. The number of halogens is 1. The summed E-state index contributed by atoms with van der Waals surface area (Å²) >= 11 is 6.09. The molecule has 2 aromatic heterocycles. The number of hydrogen-bond donors (Lipinski definition) is 1. The monoisotopic (exact) mass is 495 g/mol. The highest BCUT2D eigenvalue weighted by Gasteiger charge is 2.28. The highest BCUT2D eigenvalue weighted by Crippen LogP contribution is 2.31. The SMILES string of the molecule is CC(=O)N1CCc2c(c(-c3ccc(Cl)cc3)nn2CC(O)CN2CCN(c3ncccn3)CC2)C1. The highest BCUT2D eigenvalue weighted by molar-refractivity contribution is 6.30. The van der Waals surface area contributed by atoms with Crippen LogP contribution in [0.15, 0.2) is 42.7 Å². The van der Waals surface area contributed by atoms with Crippen LogP contribution in [0.5, 0.6) is 0 Å². The summed E-state index contributed by atoms with van der Waals surface area (Å²) in [6.07, 6.45) is 3.69. The van der Waals surface area contributed by atoms with Gasteiger partial charge in [-0.3, -0.25) is 14.4 Å². The van der Waals surface area contributed by atoms with E-state index < -0.39 is 6.10 Å². The lowest BCUT2D eigenvalue weighted by Crippen LogP contribution is -2.49. The average molecular weight is 496 g/mol. The maximum atomic E-state index is 12.0. The zero-order valence-electron chi connectivity index (χ0n) is 19.8. The Kier molecular flexibility index (Phi) is 6.99. The van der Waals surface area contributed by atoms with E-state index >= 15 is 0 Å². The van der Waals surface area contributed by atoms with Crippen molar-refractivity contribution in [3.8, 4) is 11.3 Å². The normalized spacial score (nSPS) is 17.3. The van der Waals surface area contributed by atoms with E-state index in [2.05, 4.69) is 19.8 Å². The first kappa shape index (κ1) is 23.7. The quantitative estimate of drug-likeness (QED) is 0.560. The topological polar surface area (TPSA) is 90.6 Å². The van der Waals surface area contributed by atoms with Crippen molar-refractivity contribution in [2.24, 2.45) is 0 Å². The predicted octanol–water partition coefficient (Wildman–Crippen LogP) is 2.08. The van der Waals surface area contributed by atoms with Gasteiger partial charge < -0.3 is 14.9 Å². The lowest BCUT2D eigenvalue weighted by Gasteiger charge is -2.35. The minimum Gasteiger partial charge on any atom is -0.390 e. The fraction of sp³-hybridized carbons (Fsp3) is 0.440. The smallest absolute Gasteiger partial charge is 0.225 e. The molecule has 0 radical (unpaired) electrons. The maximum absolute atomic E-state index is 12.0. The second kappa shape index (κ2) is 10.3. The number of hydrogen-bond acceptors (Lipinski definition) is 7. The van der Waals surface area contributed by atoms with Crippen molar-refractivity contribution < 1.29 is 9.90 Å². The number of carbonyl (C=O) groups excluding carboxylic acids is 1. The number of fused-ring (bicyclic) bond motifs is 1. The van der Waals surface area contributed by atoms with Crippen molar-refractivity contribution in [2.45, 2.75) is 32.5 Å². The molecule has 5 rings (SSSR count). The Morgan fingerprint density at radius 3 is 2.46 bits per heavy atom. The molecular weight excluding hydrogens is 466 g/mol. The van der Waals surface area contributed by atoms with Crippen molar-refractivity contribution in [1.29, 1.82) is 0 Å². The third-order valence-electron chi connectivity index (χ3n) is 6.76. The van der Waals surface area contributed by atoms with Gasteiger partial charge >= 0.3 is 0 Å². The summed E-state index contributed by atoms with van der Waals surface area (Å²) in [6.45, 7) is 7.13. The fourth-order valence-electron chi connectivity index (χ4n) is 4.89. The molecule has 0 bridgehead atoms. The van der Waals surface area contributed by atoms with Crippen LogP contribution < -0.4 is 4.90 Å². The van der Waals surface area contributed by atoms with E-state index in [0.29, 0.717) is 31.2 Å². The third kappa shape index (κ3) is 5.32. The molecule has 0 spiro atoms. The Bertz CT molecular complexity index is 1160. The number of aliphatic hydroxyl groups is 1. The Morgan fingerprint density at radius 2 is 1.77 bits per heavy atom. The minimum atomic E-state index is -0.553. The van der Waals surface area contributed by atoms with Crippen molar-refractivity contribution in [3.05, 3.63) is 59.0 Å². The van der Waals surface area contributed by atoms with Crippen molar-refractivity contribution in [1.82, 2.24) is 29.5 Å². The number of piperazine rings is 1. The van der Waals surface area contributed by atoms with Crippen molar-refractivity contribution >= 4 is 23.5 Å². The number of benzene rings is 1. The van der Waals surface area contributed by atoms with E-state index in [1.165, 1.54) is 0 Å². The molecule has 0 saturated carbocycles. The average Bonchev–Trinajstić information content (AvgIpc) is 3.23. The first-order valence-corrected chi connectivity index (χ1v) is 12.4. The van der Waals surface area contributed by atoms with Gasteiger partial charge in [0.1, 0.15) is 0 Å². The van der Waals surface area contributed by atoms with Gasteiger partial charge in [-0.25, -0.2) is 9.97 Å². The minimum absolute atomic E-state index is 0.0607. The Labute approximate surface area is 209 Å². The van der Waals surface area contributed by atoms with Gasteiger partial charge in [0, 0.05) is 93.4 Å². The van der Waals surface area contributed by atoms with Crippen molar-refractivity contribution in [2.75, 3.05) is 44.2 Å². The third-order valence-corrected chi connectivity index (χ3v) is 7.01. The van der Waals surface area contributed by atoms with Gasteiger partial charge in [-0.05, 0) is 18.2 Å². The molecule has 35 heavy (non-hydrogen) atoms. The molecule has 1 amide bonds. The highest BCUT2D eigenvalue weighted by atomic mass is 35.5. The number of β-amino-alcohol motifs (C(OH)–C–C–N with tert-alkyl or cyclic N) is 1. The first-order valence-electron chi connectivity index (χ1n) is 12.0. The van der Waals surface area contributed by atoms with Gasteiger partial charge in [-0.2, -0.15) is 5.10 Å². The largest absolute Gasteiger partial charge is 0.390 e. The van der Waals surface area contributed by atoms with Crippen LogP contribution >= 0.6 is 11.6 Å². The first-order chi connectivity index (χ1) is 17.0. The lowest BCUT2D eigenvalue weighted by atomic mass is 10.0. The zero-order chi connectivity index (χ0) is 24.4. The predicted molar refractivity (Wildman–Crippen MR) is 134 cm³/mol. The van der Waals surface area contributed by atoms with E-state index in [9.17, 15) is 9.90 Å². The Morgan fingerprint density at radius 1 is 1.06 bits per heavy atom. The van der Waals surface area contributed by atoms with Crippen LogP contribution in [0.1, 0.15) is 18.2 Å². The molecule has 1 aromatic carbocycles. The molecule has 1 N–H and O–H groups in total. The molecule has 1 fully saturated rings. The standard InChI is InChI=1S/C25H30ClN7O2/c1-18(34)32-10-7-23-22(17-32)24(19-3-5-20(26)6-4-19)29-33(23)16-21(35)15-30-11-13-31(14-12-30)25-27-8-2-9-28-25/h2-6,8-9,21,35H,7,10-17H2,1H3. The molecule has 184 valence electrons. The second-order valence-electron chi connectivity index (χ2n) is 9.14. The molecule has 9 nitrogen and oxygen atoms in total. The van der Waals surface area contributed by atoms with E-state index in [1.54, 1.807) is 19.3 Å². The van der Waals surface area contributed by atoms with Crippen LogP contribution in [0.3, 0.4) is 0 Å². The van der Waals surface area contributed by atoms with Crippen LogP contribution in [0.2, 0.25) is 5.02 Å². The summed E-state index contributed by atoms with van der Waals surface area (Å²) in [5, 5.41) is 16.5. The van der Waals surface area contributed by atoms with Gasteiger partial charge in [0.15, 0.2) is 0 Å². The van der Waals surface area contributed by atoms with Gasteiger partial charge in [-0.1, -0.05) is 23.7 Å². The van der Waals surface area contributed by atoms with Crippen LogP contribution in [0.25, 0.3) is 11.3 Å². The van der Waals surface area contributed by atoms with E-state index in [1.807, 2.05) is 39.9 Å². The zero-order valence-corrected chi connectivity index (χ0v) is 20.6. The second-order valence-corrected chi connectivity index (χ2v) is 9.58. The summed E-state index contributed by atoms with van der Waals surface area (Å²) in [7, 11) is 0. The summed E-state index contributed by atoms with van der Waals surface area (Å²) in [6, 6.07) is 9.43. The molecular formula is C25H30ClN7O2. The Hall–Kier alpha value is -3.01. The van der Waals surface area contributed by atoms with Crippen molar-refractivity contribution in [3.63, 3.8) is 0 Å². The fourth-order valence-corrected chi connectivity index (χ4v) is 5.02. The van der Waals surface area contributed by atoms with Crippen LogP contribution in [0.4, 0.5) is 5.95 Å². The van der Waals surface area contributed by atoms with Crippen LogP contribution in [0, 0.1) is 0 Å². The summed E-state index contributed by atoms with van der Waals surface area (Å²) in [5.74, 6) is 0.815. The lowest BCUT2D eigenvalue weighted by molar-refractivity contribution is -0.129. The molecule has 1 atom stereocenters. The van der Waals surface area contributed by atoms with Gasteiger partial charge in [0.05, 0.1) is 18.3 Å². The molecule has 4 heterocycles. The van der Waals surface area contributed by atoms with E-state index in [-0.39, 0.29) is 5.91 Å². The number of aliphatic hydroxyl groups excluding tert-OH is 1. The number of amides is 1. The number of anilines is 1. The number of rotatable bonds is 6.